The van der Waals surface area contributed by atoms with Crippen molar-refractivity contribution in [3.8, 4) is 0 Å². The lowest BCUT2D eigenvalue weighted by Gasteiger charge is -2.43. The van der Waals surface area contributed by atoms with Crippen molar-refractivity contribution >= 4 is 36.7 Å². The number of hydrogen-bond acceptors (Lipinski definition) is 3. The van der Waals surface area contributed by atoms with E-state index in [4.69, 9.17) is 9.73 Å². The highest BCUT2D eigenvalue weighted by molar-refractivity contribution is 7.05. The molecular formula is C30H43NO2Si. The van der Waals surface area contributed by atoms with E-state index in [1.54, 1.807) is 0 Å². The van der Waals surface area contributed by atoms with E-state index in [9.17, 15) is 4.79 Å². The third-order valence-electron chi connectivity index (χ3n) is 7.74. The molecule has 2 aromatic carbocycles. The molecule has 0 fully saturated rings. The minimum atomic E-state index is -2.05. The maximum Gasteiger partial charge on any atom is 0.293 e. The molecule has 1 aliphatic rings. The fourth-order valence-electron chi connectivity index (χ4n) is 6.09. The van der Waals surface area contributed by atoms with Crippen LogP contribution in [0.5, 0.6) is 0 Å². The minimum Gasteiger partial charge on any atom is -0.468 e. The lowest BCUT2D eigenvalue weighted by molar-refractivity contribution is -0.128. The summed E-state index contributed by atoms with van der Waals surface area (Å²) in [5, 5.41) is 5.65. The van der Waals surface area contributed by atoms with Gasteiger partial charge < -0.3 is 4.74 Å². The second-order valence-corrected chi connectivity index (χ2v) is 15.7. The molecule has 0 radical (unpaired) electrons. The first kappa shape index (κ1) is 26.4. The monoisotopic (exact) mass is 477 g/mol. The Morgan fingerprint density at radius 3 is 2.26 bits per heavy atom. The predicted molar refractivity (Wildman–Crippen MR) is 147 cm³/mol. The standard InChI is InChI=1S/C30H43NO2Si/c1-8-13-25-18-29-27(16-23(25)6)31-28-17-24(7)26(14-11-9-10-12-15-33-20-32)19-30(28)34(29,21(2)3)22(4)5/h13,16-22H,8-12,14-15H2,1-7H3/b25-13-. The van der Waals surface area contributed by atoms with Gasteiger partial charge in [-0.25, -0.2) is 4.99 Å². The smallest absolute Gasteiger partial charge is 0.293 e. The summed E-state index contributed by atoms with van der Waals surface area (Å²) in [6.45, 7) is 17.5. The molecule has 3 nitrogen and oxygen atoms in total. The van der Waals surface area contributed by atoms with Crippen molar-refractivity contribution in [2.75, 3.05) is 6.61 Å². The summed E-state index contributed by atoms with van der Waals surface area (Å²) in [6, 6.07) is 9.74. The molecule has 0 saturated heterocycles. The van der Waals surface area contributed by atoms with Gasteiger partial charge in [0.25, 0.3) is 6.47 Å². The number of ether oxygens (including phenoxy) is 1. The maximum atomic E-state index is 10.3. The van der Waals surface area contributed by atoms with Gasteiger partial charge in [0.15, 0.2) is 0 Å². The van der Waals surface area contributed by atoms with E-state index in [-0.39, 0.29) is 0 Å². The third kappa shape index (κ3) is 5.07. The minimum absolute atomic E-state index is 0.538. The number of carbonyl (C=O) groups excluding carboxylic acids is 1. The van der Waals surface area contributed by atoms with Crippen LogP contribution in [-0.2, 0) is 16.0 Å². The Morgan fingerprint density at radius 1 is 0.912 bits per heavy atom. The van der Waals surface area contributed by atoms with Crippen LogP contribution in [-0.4, -0.2) is 21.2 Å². The average molecular weight is 478 g/mol. The molecule has 1 heterocycles. The highest BCUT2D eigenvalue weighted by atomic mass is 28.3. The fourth-order valence-corrected chi connectivity index (χ4v) is 12.1. The van der Waals surface area contributed by atoms with Gasteiger partial charge in [0.1, 0.15) is 8.07 Å². The van der Waals surface area contributed by atoms with Gasteiger partial charge in [0, 0.05) is 0 Å². The largest absolute Gasteiger partial charge is 0.468 e. The van der Waals surface area contributed by atoms with Crippen molar-refractivity contribution in [3.05, 3.63) is 51.5 Å². The summed E-state index contributed by atoms with van der Waals surface area (Å²) in [7, 11) is -2.05. The molecule has 0 amide bonds. The Morgan fingerprint density at radius 2 is 1.62 bits per heavy atom. The molecule has 2 aromatic rings. The van der Waals surface area contributed by atoms with Gasteiger partial charge in [-0.15, -0.1) is 0 Å². The van der Waals surface area contributed by atoms with E-state index in [1.807, 2.05) is 0 Å². The molecule has 0 saturated carbocycles. The normalized spacial score (nSPS) is 14.7. The van der Waals surface area contributed by atoms with E-state index < -0.39 is 8.07 Å². The van der Waals surface area contributed by atoms with Crippen LogP contribution < -0.4 is 20.9 Å². The van der Waals surface area contributed by atoms with E-state index in [0.29, 0.717) is 24.2 Å². The van der Waals surface area contributed by atoms with Gasteiger partial charge in [-0.05, 0) is 95.0 Å². The summed E-state index contributed by atoms with van der Waals surface area (Å²) < 4.78 is 4.82. The first-order valence-corrected chi connectivity index (χ1v) is 15.3. The van der Waals surface area contributed by atoms with Gasteiger partial charge in [0.2, 0.25) is 0 Å². The molecule has 0 bridgehead atoms. The van der Waals surface area contributed by atoms with E-state index in [0.717, 1.165) is 25.7 Å². The van der Waals surface area contributed by atoms with Crippen LogP contribution in [0.2, 0.25) is 11.1 Å². The second-order valence-electron chi connectivity index (χ2n) is 10.6. The highest BCUT2D eigenvalue weighted by Gasteiger charge is 2.47. The van der Waals surface area contributed by atoms with Crippen LogP contribution in [0.3, 0.4) is 0 Å². The first-order valence-electron chi connectivity index (χ1n) is 13.2. The SMILES string of the molecule is CC/C=c1/cc2c(cc1C)=Nc1cc(C)c(CCCCCCOC=O)cc1[Si]2(C(C)C)C(C)C. The number of carbonyl (C=O) groups is 1. The van der Waals surface area contributed by atoms with E-state index >= 15 is 0 Å². The van der Waals surface area contributed by atoms with Gasteiger partial charge in [-0.2, -0.15) is 0 Å². The zero-order valence-electron chi connectivity index (χ0n) is 22.3. The summed E-state index contributed by atoms with van der Waals surface area (Å²) in [6.07, 6.45) is 8.91. The molecule has 0 aromatic heterocycles. The van der Waals surface area contributed by atoms with Crippen molar-refractivity contribution in [1.29, 1.82) is 0 Å². The van der Waals surface area contributed by atoms with Crippen molar-refractivity contribution in [3.63, 3.8) is 0 Å². The Hall–Kier alpha value is -2.20. The van der Waals surface area contributed by atoms with Crippen LogP contribution in [0.15, 0.2) is 29.3 Å². The molecule has 0 aliphatic carbocycles. The topological polar surface area (TPSA) is 38.7 Å². The van der Waals surface area contributed by atoms with Gasteiger partial charge in [-0.1, -0.05) is 65.7 Å². The molecule has 1 aliphatic heterocycles. The Kier molecular flexibility index (Phi) is 8.92. The van der Waals surface area contributed by atoms with Crippen LogP contribution in [0.25, 0.3) is 6.08 Å². The molecule has 34 heavy (non-hydrogen) atoms. The molecule has 4 heteroatoms. The third-order valence-corrected chi connectivity index (χ3v) is 14.0. The summed E-state index contributed by atoms with van der Waals surface area (Å²) in [5.74, 6) is 0. The molecular weight excluding hydrogens is 434 g/mol. The summed E-state index contributed by atoms with van der Waals surface area (Å²) in [4.78, 5) is 15.5. The number of hydrogen-bond donors (Lipinski definition) is 0. The van der Waals surface area contributed by atoms with E-state index in [1.165, 1.54) is 56.2 Å². The second kappa shape index (κ2) is 11.5. The van der Waals surface area contributed by atoms with Crippen molar-refractivity contribution in [1.82, 2.24) is 0 Å². The van der Waals surface area contributed by atoms with Crippen molar-refractivity contribution < 1.29 is 9.53 Å². The number of unbranched alkanes of at least 4 members (excludes halogenated alkanes) is 3. The number of nitrogens with zero attached hydrogens (tertiary/aromatic N) is 1. The predicted octanol–water partition coefficient (Wildman–Crippen LogP) is 5.42. The van der Waals surface area contributed by atoms with Crippen LogP contribution in [0.4, 0.5) is 5.69 Å². The average Bonchev–Trinajstić information content (AvgIpc) is 2.78. The van der Waals surface area contributed by atoms with Crippen LogP contribution in [0, 0.1) is 13.8 Å². The summed E-state index contributed by atoms with van der Waals surface area (Å²) in [5.41, 5.74) is 6.55. The number of rotatable bonds is 11. The molecule has 0 atom stereocenters. The Balaban J connectivity index is 2.07. The fraction of sp³-hybridized carbons (Fsp3) is 0.533. The lowest BCUT2D eigenvalue weighted by atomic mass is 10.0. The quantitative estimate of drug-likeness (QED) is 0.246. The highest BCUT2D eigenvalue weighted by Crippen LogP contribution is 2.36. The molecule has 3 rings (SSSR count). The zero-order valence-corrected chi connectivity index (χ0v) is 23.3. The van der Waals surface area contributed by atoms with Gasteiger partial charge in [0.05, 0.1) is 17.7 Å². The van der Waals surface area contributed by atoms with Crippen molar-refractivity contribution in [2.45, 2.75) is 98.1 Å². The van der Waals surface area contributed by atoms with Gasteiger partial charge >= 0.3 is 0 Å². The zero-order chi connectivity index (χ0) is 24.9. The molecule has 0 unspecified atom stereocenters. The molecule has 0 N–H and O–H groups in total. The van der Waals surface area contributed by atoms with E-state index in [2.05, 4.69) is 78.8 Å². The summed E-state index contributed by atoms with van der Waals surface area (Å²) >= 11 is 0. The maximum absolute atomic E-state index is 10.3. The lowest BCUT2D eigenvalue weighted by Crippen LogP contribution is -2.69. The van der Waals surface area contributed by atoms with Gasteiger partial charge in [-0.3, -0.25) is 4.79 Å². The number of benzene rings is 2. The molecule has 184 valence electrons. The first-order chi connectivity index (χ1) is 16.3. The number of aryl methyl sites for hydroxylation is 3. The Bertz CT molecular complexity index is 1130. The Labute approximate surface area is 207 Å². The van der Waals surface area contributed by atoms with Crippen LogP contribution in [0.1, 0.15) is 83.4 Å². The number of fused-ring (bicyclic) bond motifs is 2. The molecule has 0 spiro atoms. The van der Waals surface area contributed by atoms with Crippen LogP contribution >= 0.6 is 0 Å². The van der Waals surface area contributed by atoms with Crippen molar-refractivity contribution in [2.24, 2.45) is 4.99 Å².